The van der Waals surface area contributed by atoms with E-state index in [0.717, 1.165) is 28.0 Å². The van der Waals surface area contributed by atoms with Gasteiger partial charge in [0.25, 0.3) is 5.56 Å². The number of halogens is 1. The van der Waals surface area contributed by atoms with E-state index in [-0.39, 0.29) is 34.5 Å². The average Bonchev–Trinajstić information content (AvgIpc) is 3.00. The Morgan fingerprint density at radius 1 is 1.04 bits per heavy atom. The summed E-state index contributed by atoms with van der Waals surface area (Å²) >= 11 is 6.31. The van der Waals surface area contributed by atoms with E-state index in [1.165, 1.54) is 23.0 Å². The number of rotatable bonds is 10. The van der Waals surface area contributed by atoms with Crippen molar-refractivity contribution in [3.05, 3.63) is 126 Å². The van der Waals surface area contributed by atoms with Gasteiger partial charge in [0.2, 0.25) is 5.75 Å². The topological polar surface area (TPSA) is 109 Å². The molecule has 0 bridgehead atoms. The summed E-state index contributed by atoms with van der Waals surface area (Å²) in [5.74, 6) is 1.20. The van der Waals surface area contributed by atoms with Crippen LogP contribution in [0.3, 0.4) is 0 Å². The number of nitrogens with zero attached hydrogens (tertiary/aromatic N) is 4. The minimum absolute atomic E-state index is 0.0172. The van der Waals surface area contributed by atoms with Crippen LogP contribution >= 0.6 is 11.6 Å². The van der Waals surface area contributed by atoms with Crippen molar-refractivity contribution in [2.45, 2.75) is 47.1 Å². The van der Waals surface area contributed by atoms with Crippen LogP contribution < -0.4 is 15.0 Å². The van der Waals surface area contributed by atoms with Crippen molar-refractivity contribution < 1.29 is 14.4 Å². The first kappa shape index (κ1) is 31.4. The molecule has 4 aromatic carbocycles. The quantitative estimate of drug-likeness (QED) is 0.0879. The van der Waals surface area contributed by atoms with E-state index >= 15 is 0 Å². The van der Waals surface area contributed by atoms with Gasteiger partial charge in [-0.2, -0.15) is 9.78 Å². The lowest BCUT2D eigenvalue weighted by Gasteiger charge is -2.18. The molecule has 5 rings (SSSR count). The highest BCUT2D eigenvalue weighted by Gasteiger charge is 2.22. The summed E-state index contributed by atoms with van der Waals surface area (Å²) < 4.78 is 13.1. The zero-order chi connectivity index (χ0) is 32.2. The van der Waals surface area contributed by atoms with Gasteiger partial charge in [0.05, 0.1) is 28.6 Å². The smallest absolute Gasteiger partial charge is 0.313 e. The third kappa shape index (κ3) is 6.73. The van der Waals surface area contributed by atoms with Crippen molar-refractivity contribution in [1.29, 1.82) is 0 Å². The van der Waals surface area contributed by atoms with Crippen LogP contribution in [0.25, 0.3) is 22.3 Å². The highest BCUT2D eigenvalue weighted by molar-refractivity contribution is 6.31. The Balaban J connectivity index is 1.69. The Labute approximate surface area is 265 Å². The van der Waals surface area contributed by atoms with Crippen LogP contribution in [0.1, 0.15) is 54.5 Å². The Morgan fingerprint density at radius 3 is 2.47 bits per heavy atom. The highest BCUT2D eigenvalue weighted by atomic mass is 35.5. The van der Waals surface area contributed by atoms with Gasteiger partial charge in [-0.1, -0.05) is 67.4 Å². The molecule has 9 nitrogen and oxygen atoms in total. The molecular formula is C35H33ClN4O5. The molecule has 0 aliphatic heterocycles. The van der Waals surface area contributed by atoms with Crippen LogP contribution in [0.15, 0.2) is 82.7 Å². The number of para-hydroxylation sites is 1. The molecule has 0 radical (unpaired) electrons. The molecule has 0 atom stereocenters. The summed E-state index contributed by atoms with van der Waals surface area (Å²) in [5, 5.41) is 17.1. The van der Waals surface area contributed by atoms with Gasteiger partial charge in [0, 0.05) is 22.2 Å². The zero-order valence-corrected chi connectivity index (χ0v) is 26.5. The number of hydrogen-bond acceptors (Lipinski definition) is 7. The van der Waals surface area contributed by atoms with Gasteiger partial charge < -0.3 is 9.47 Å². The first-order valence-electron chi connectivity index (χ1n) is 14.6. The molecule has 10 heteroatoms. The number of aryl methyl sites for hydroxylation is 2. The predicted octanol–water partition coefficient (Wildman–Crippen LogP) is 8.23. The van der Waals surface area contributed by atoms with E-state index in [9.17, 15) is 14.9 Å². The second-order valence-corrected chi connectivity index (χ2v) is 11.4. The molecule has 1 heterocycles. The first-order chi connectivity index (χ1) is 21.6. The number of hydrogen-bond donors (Lipinski definition) is 0. The van der Waals surface area contributed by atoms with Crippen molar-refractivity contribution >= 4 is 34.4 Å². The SMILES string of the molecule is CCOc1cc(C)c(-c2nc3ccccc3c(=O)n2N=Cc2cc(Cl)cc([N+](=O)[O-])c2OCc2ccc(C)cc2)cc1C(C)C. The Kier molecular flexibility index (Phi) is 9.29. The van der Waals surface area contributed by atoms with Crippen LogP contribution in [0.2, 0.25) is 5.02 Å². The van der Waals surface area contributed by atoms with Gasteiger partial charge >= 0.3 is 5.69 Å². The predicted molar refractivity (Wildman–Crippen MR) is 178 cm³/mol. The Bertz CT molecular complexity index is 1980. The fraction of sp³-hybridized carbons (Fsp3) is 0.229. The lowest BCUT2D eigenvalue weighted by molar-refractivity contribution is -0.385. The average molecular weight is 625 g/mol. The lowest BCUT2D eigenvalue weighted by atomic mass is 9.96. The largest absolute Gasteiger partial charge is 0.494 e. The third-order valence-corrected chi connectivity index (χ3v) is 7.57. The van der Waals surface area contributed by atoms with E-state index in [1.54, 1.807) is 18.2 Å². The van der Waals surface area contributed by atoms with Gasteiger partial charge in [-0.15, -0.1) is 0 Å². The van der Waals surface area contributed by atoms with Crippen molar-refractivity contribution in [3.63, 3.8) is 0 Å². The van der Waals surface area contributed by atoms with Gasteiger partial charge in [-0.3, -0.25) is 14.9 Å². The minimum atomic E-state index is -0.556. The summed E-state index contributed by atoms with van der Waals surface area (Å²) in [5.41, 5.74) is 4.46. The molecule has 0 aliphatic rings. The van der Waals surface area contributed by atoms with E-state index < -0.39 is 10.5 Å². The van der Waals surface area contributed by atoms with Gasteiger partial charge in [0.1, 0.15) is 12.4 Å². The second kappa shape index (κ2) is 13.3. The maximum atomic E-state index is 13.9. The number of nitro groups is 1. The summed E-state index contributed by atoms with van der Waals surface area (Å²) in [4.78, 5) is 30.3. The summed E-state index contributed by atoms with van der Waals surface area (Å²) in [7, 11) is 0. The molecule has 0 amide bonds. The van der Waals surface area contributed by atoms with Crippen LogP contribution in [0, 0.1) is 24.0 Å². The van der Waals surface area contributed by atoms with E-state index in [1.807, 2.05) is 63.2 Å². The number of ether oxygens (including phenoxy) is 2. The molecule has 0 spiro atoms. The van der Waals surface area contributed by atoms with Crippen LogP contribution in [0.5, 0.6) is 11.5 Å². The molecule has 0 saturated carbocycles. The van der Waals surface area contributed by atoms with Crippen molar-refractivity contribution in [2.75, 3.05) is 6.61 Å². The van der Waals surface area contributed by atoms with E-state index in [2.05, 4.69) is 18.9 Å². The molecule has 230 valence electrons. The zero-order valence-electron chi connectivity index (χ0n) is 25.7. The summed E-state index contributed by atoms with van der Waals surface area (Å²) in [6.07, 6.45) is 1.35. The van der Waals surface area contributed by atoms with Crippen LogP contribution in [-0.4, -0.2) is 27.4 Å². The molecule has 0 aliphatic carbocycles. The maximum Gasteiger partial charge on any atom is 0.313 e. The number of fused-ring (bicyclic) bond motifs is 1. The van der Waals surface area contributed by atoms with Crippen molar-refractivity contribution in [3.8, 4) is 22.9 Å². The molecular weight excluding hydrogens is 592 g/mol. The highest BCUT2D eigenvalue weighted by Crippen LogP contribution is 2.36. The van der Waals surface area contributed by atoms with Gasteiger partial charge in [-0.25, -0.2) is 4.98 Å². The number of nitro benzene ring substituents is 1. The first-order valence-corrected chi connectivity index (χ1v) is 14.9. The molecule has 0 fully saturated rings. The molecule has 0 unspecified atom stereocenters. The monoisotopic (exact) mass is 624 g/mol. The molecule has 0 saturated heterocycles. The fourth-order valence-corrected chi connectivity index (χ4v) is 5.25. The Hall–Kier alpha value is -5.02. The molecule has 5 aromatic rings. The van der Waals surface area contributed by atoms with Crippen LogP contribution in [0.4, 0.5) is 5.69 Å². The van der Waals surface area contributed by atoms with Gasteiger partial charge in [-0.05, 0) is 73.7 Å². The molecule has 0 N–H and O–H groups in total. The minimum Gasteiger partial charge on any atom is -0.494 e. The third-order valence-electron chi connectivity index (χ3n) is 7.35. The van der Waals surface area contributed by atoms with E-state index in [4.69, 9.17) is 26.1 Å². The fourth-order valence-electron chi connectivity index (χ4n) is 5.02. The summed E-state index contributed by atoms with van der Waals surface area (Å²) in [6.45, 7) is 10.6. The van der Waals surface area contributed by atoms with Crippen molar-refractivity contribution in [2.24, 2.45) is 5.10 Å². The Morgan fingerprint density at radius 2 is 1.78 bits per heavy atom. The number of aromatic nitrogens is 2. The molecule has 45 heavy (non-hydrogen) atoms. The second-order valence-electron chi connectivity index (χ2n) is 11.0. The maximum absolute atomic E-state index is 13.9. The normalized spacial score (nSPS) is 11.4. The lowest BCUT2D eigenvalue weighted by Crippen LogP contribution is -2.21. The van der Waals surface area contributed by atoms with Crippen molar-refractivity contribution in [1.82, 2.24) is 9.66 Å². The van der Waals surface area contributed by atoms with Gasteiger partial charge in [0.15, 0.2) is 5.82 Å². The molecule has 1 aromatic heterocycles. The standard InChI is InChI=1S/C35H33ClN4O5/c1-6-44-32-15-23(5)29(18-28(32)21(2)3)34-38-30-10-8-7-9-27(30)35(41)39(34)37-19-25-16-26(36)17-31(40(42)43)33(25)45-20-24-13-11-22(4)12-14-24/h7-19,21H,6,20H2,1-5H3. The summed E-state index contributed by atoms with van der Waals surface area (Å²) in [6, 6.07) is 21.4. The van der Waals surface area contributed by atoms with Crippen LogP contribution in [-0.2, 0) is 6.61 Å². The van der Waals surface area contributed by atoms with E-state index in [0.29, 0.717) is 28.9 Å². The number of benzene rings is 4.